The van der Waals surface area contributed by atoms with Crippen LogP contribution in [0.3, 0.4) is 0 Å². The Balaban J connectivity index is 2.34. The Bertz CT molecular complexity index is 413. The van der Waals surface area contributed by atoms with Crippen LogP contribution in [0, 0.1) is 5.92 Å². The van der Waals surface area contributed by atoms with E-state index in [1.807, 2.05) is 6.07 Å². The van der Waals surface area contributed by atoms with E-state index in [-0.39, 0.29) is 5.60 Å². The number of nitrogens with zero attached hydrogens (tertiary/aromatic N) is 2. The average Bonchev–Trinajstić information content (AvgIpc) is 2.76. The molecule has 0 aliphatic carbocycles. The first kappa shape index (κ1) is 13.2. The molecule has 1 fully saturated rings. The second-order valence-electron chi connectivity index (χ2n) is 5.49. The monoisotopic (exact) mass is 250 g/mol. The number of hydrogen-bond donors (Lipinski definition) is 2. The Morgan fingerprint density at radius 3 is 2.83 bits per heavy atom. The summed E-state index contributed by atoms with van der Waals surface area (Å²) in [5.41, 5.74) is 3.27. The molecular weight excluding hydrogens is 228 g/mol. The summed E-state index contributed by atoms with van der Waals surface area (Å²) in [4.78, 5) is 9.08. The average molecular weight is 250 g/mol. The van der Waals surface area contributed by atoms with E-state index in [4.69, 9.17) is 10.6 Å². The van der Waals surface area contributed by atoms with Gasteiger partial charge in [0.15, 0.2) is 5.82 Å². The van der Waals surface area contributed by atoms with Gasteiger partial charge in [0.2, 0.25) is 0 Å². The molecule has 1 aromatic heterocycles. The van der Waals surface area contributed by atoms with Crippen LogP contribution in [0.5, 0.6) is 0 Å². The first-order valence-electron chi connectivity index (χ1n) is 6.52. The normalized spacial score (nSPS) is 23.6. The third kappa shape index (κ3) is 2.79. The van der Waals surface area contributed by atoms with Crippen molar-refractivity contribution in [1.29, 1.82) is 0 Å². The van der Waals surface area contributed by atoms with Gasteiger partial charge in [0.25, 0.3) is 0 Å². The Morgan fingerprint density at radius 2 is 2.28 bits per heavy atom. The van der Waals surface area contributed by atoms with E-state index in [0.29, 0.717) is 11.7 Å². The lowest BCUT2D eigenvalue weighted by atomic mass is 10.0. The Labute approximate surface area is 108 Å². The summed E-state index contributed by atoms with van der Waals surface area (Å²) in [7, 11) is 0. The van der Waals surface area contributed by atoms with E-state index >= 15 is 0 Å². The van der Waals surface area contributed by atoms with Crippen LogP contribution < -0.4 is 11.3 Å². The zero-order valence-electron chi connectivity index (χ0n) is 11.4. The van der Waals surface area contributed by atoms with Gasteiger partial charge in [-0.05, 0) is 32.1 Å². The maximum Gasteiger partial charge on any atom is 0.162 e. The molecule has 5 nitrogen and oxygen atoms in total. The summed E-state index contributed by atoms with van der Waals surface area (Å²) in [5, 5.41) is 0. The molecule has 1 aliphatic rings. The van der Waals surface area contributed by atoms with Crippen LogP contribution in [0.2, 0.25) is 0 Å². The van der Waals surface area contributed by atoms with Gasteiger partial charge in [0.05, 0.1) is 0 Å². The standard InChI is InChI=1S/C13H22N4O/c1-9(2)7-10-8-11(17-14)16-12(15-10)13(3)5-4-6-18-13/h8-9H,4-7,14H2,1-3H3,(H,15,16,17). The molecule has 2 heterocycles. The molecule has 0 saturated carbocycles. The van der Waals surface area contributed by atoms with Crippen molar-refractivity contribution in [1.82, 2.24) is 9.97 Å². The molecule has 0 aromatic carbocycles. The van der Waals surface area contributed by atoms with Crippen molar-refractivity contribution in [3.63, 3.8) is 0 Å². The molecule has 100 valence electrons. The fourth-order valence-corrected chi connectivity index (χ4v) is 2.29. The molecule has 1 saturated heterocycles. The molecule has 1 unspecified atom stereocenters. The van der Waals surface area contributed by atoms with Crippen LogP contribution in [0.25, 0.3) is 0 Å². The molecule has 0 radical (unpaired) electrons. The maximum absolute atomic E-state index is 5.79. The molecule has 1 aromatic rings. The van der Waals surface area contributed by atoms with E-state index in [0.717, 1.165) is 37.4 Å². The quantitative estimate of drug-likeness (QED) is 0.631. The smallest absolute Gasteiger partial charge is 0.162 e. The van der Waals surface area contributed by atoms with E-state index in [1.54, 1.807) is 0 Å². The SMILES string of the molecule is CC(C)Cc1cc(NN)nc(C2(C)CCCO2)n1. The van der Waals surface area contributed by atoms with Crippen LogP contribution in [0.15, 0.2) is 6.07 Å². The highest BCUT2D eigenvalue weighted by Gasteiger charge is 2.35. The van der Waals surface area contributed by atoms with Gasteiger partial charge in [-0.2, -0.15) is 0 Å². The molecule has 1 aliphatic heterocycles. The van der Waals surface area contributed by atoms with Crippen molar-refractivity contribution < 1.29 is 4.74 Å². The minimum absolute atomic E-state index is 0.363. The number of aromatic nitrogens is 2. The second kappa shape index (κ2) is 5.20. The summed E-state index contributed by atoms with van der Waals surface area (Å²) in [6, 6.07) is 1.90. The number of ether oxygens (including phenoxy) is 1. The number of hydrogen-bond acceptors (Lipinski definition) is 5. The van der Waals surface area contributed by atoms with Crippen molar-refractivity contribution in [2.24, 2.45) is 11.8 Å². The minimum Gasteiger partial charge on any atom is -0.367 e. The van der Waals surface area contributed by atoms with E-state index in [9.17, 15) is 0 Å². The van der Waals surface area contributed by atoms with Gasteiger partial charge in [-0.25, -0.2) is 15.8 Å². The molecular formula is C13H22N4O. The third-order valence-electron chi connectivity index (χ3n) is 3.24. The van der Waals surface area contributed by atoms with Gasteiger partial charge < -0.3 is 10.2 Å². The maximum atomic E-state index is 5.79. The Morgan fingerprint density at radius 1 is 1.50 bits per heavy atom. The molecule has 2 rings (SSSR count). The van der Waals surface area contributed by atoms with Gasteiger partial charge in [-0.15, -0.1) is 0 Å². The van der Waals surface area contributed by atoms with Crippen LogP contribution in [0.4, 0.5) is 5.82 Å². The molecule has 3 N–H and O–H groups in total. The summed E-state index contributed by atoms with van der Waals surface area (Å²) in [5.74, 6) is 7.43. The van der Waals surface area contributed by atoms with Crippen LogP contribution in [-0.2, 0) is 16.8 Å². The highest BCUT2D eigenvalue weighted by molar-refractivity contribution is 5.35. The summed E-state index contributed by atoms with van der Waals surface area (Å²) < 4.78 is 5.79. The number of nitrogen functional groups attached to an aromatic ring is 1. The lowest BCUT2D eigenvalue weighted by Crippen LogP contribution is -2.25. The van der Waals surface area contributed by atoms with Crippen LogP contribution in [-0.4, -0.2) is 16.6 Å². The fourth-order valence-electron chi connectivity index (χ4n) is 2.29. The Kier molecular flexibility index (Phi) is 3.82. The fraction of sp³-hybridized carbons (Fsp3) is 0.692. The van der Waals surface area contributed by atoms with E-state index < -0.39 is 0 Å². The zero-order valence-corrected chi connectivity index (χ0v) is 11.4. The highest BCUT2D eigenvalue weighted by Crippen LogP contribution is 2.34. The van der Waals surface area contributed by atoms with Gasteiger partial charge in [-0.3, -0.25) is 0 Å². The van der Waals surface area contributed by atoms with Crippen molar-refractivity contribution >= 4 is 5.82 Å². The van der Waals surface area contributed by atoms with Gasteiger partial charge in [-0.1, -0.05) is 13.8 Å². The molecule has 0 bridgehead atoms. The summed E-state index contributed by atoms with van der Waals surface area (Å²) in [6.45, 7) is 7.17. The highest BCUT2D eigenvalue weighted by atomic mass is 16.5. The van der Waals surface area contributed by atoms with Crippen LogP contribution in [0.1, 0.15) is 45.1 Å². The van der Waals surface area contributed by atoms with E-state index in [2.05, 4.69) is 36.2 Å². The number of hydrazine groups is 1. The molecule has 0 amide bonds. The predicted octanol–water partition coefficient (Wildman–Crippen LogP) is 1.99. The topological polar surface area (TPSA) is 73.1 Å². The first-order chi connectivity index (χ1) is 8.53. The lowest BCUT2D eigenvalue weighted by molar-refractivity contribution is 0.00924. The van der Waals surface area contributed by atoms with Gasteiger partial charge in [0, 0.05) is 18.4 Å². The molecule has 0 spiro atoms. The summed E-state index contributed by atoms with van der Waals surface area (Å²) >= 11 is 0. The molecule has 1 atom stereocenters. The largest absolute Gasteiger partial charge is 0.367 e. The minimum atomic E-state index is -0.363. The zero-order chi connectivity index (χ0) is 13.2. The predicted molar refractivity (Wildman–Crippen MR) is 70.9 cm³/mol. The number of anilines is 1. The number of rotatable bonds is 4. The van der Waals surface area contributed by atoms with Crippen molar-refractivity contribution in [2.75, 3.05) is 12.0 Å². The van der Waals surface area contributed by atoms with E-state index in [1.165, 1.54) is 0 Å². The Hall–Kier alpha value is -1.20. The molecule has 5 heteroatoms. The molecule has 18 heavy (non-hydrogen) atoms. The van der Waals surface area contributed by atoms with Crippen molar-refractivity contribution in [3.05, 3.63) is 17.6 Å². The second-order valence-corrected chi connectivity index (χ2v) is 5.49. The lowest BCUT2D eigenvalue weighted by Gasteiger charge is -2.22. The third-order valence-corrected chi connectivity index (χ3v) is 3.24. The van der Waals surface area contributed by atoms with Gasteiger partial charge in [0.1, 0.15) is 11.4 Å². The van der Waals surface area contributed by atoms with Crippen LogP contribution >= 0.6 is 0 Å². The number of nitrogens with one attached hydrogen (secondary N) is 1. The van der Waals surface area contributed by atoms with Crippen molar-refractivity contribution in [3.8, 4) is 0 Å². The number of nitrogens with two attached hydrogens (primary N) is 1. The first-order valence-corrected chi connectivity index (χ1v) is 6.52. The van der Waals surface area contributed by atoms with Crippen molar-refractivity contribution in [2.45, 2.75) is 45.6 Å². The summed E-state index contributed by atoms with van der Waals surface area (Å²) in [6.07, 6.45) is 2.93. The van der Waals surface area contributed by atoms with Gasteiger partial charge >= 0.3 is 0 Å².